The van der Waals surface area contributed by atoms with Gasteiger partial charge in [-0.2, -0.15) is 10.2 Å². The Balaban J connectivity index is 1.39. The number of aromatic amines is 1. The third-order valence-corrected chi connectivity index (χ3v) is 5.29. The van der Waals surface area contributed by atoms with E-state index in [2.05, 4.69) is 32.3 Å². The molecule has 0 amide bonds. The molecule has 1 fully saturated rings. The number of thiophene rings is 1. The summed E-state index contributed by atoms with van der Waals surface area (Å²) < 4.78 is 7.95. The summed E-state index contributed by atoms with van der Waals surface area (Å²) in [6.07, 6.45) is 6.88. The summed E-state index contributed by atoms with van der Waals surface area (Å²) in [4.78, 5) is 5.10. The first-order chi connectivity index (χ1) is 11.9. The minimum atomic E-state index is 0.194. The van der Waals surface area contributed by atoms with Gasteiger partial charge in [0.05, 0.1) is 23.2 Å². The third kappa shape index (κ3) is 3.75. The van der Waals surface area contributed by atoms with E-state index in [1.165, 1.54) is 9.75 Å². The first-order valence-electron chi connectivity index (χ1n) is 8.27. The van der Waals surface area contributed by atoms with E-state index in [1.54, 1.807) is 6.20 Å². The Morgan fingerprint density at radius 1 is 1.29 bits per heavy atom. The fraction of sp³-hybridized carbons (Fsp3) is 0.412. The number of nitrogens with zero attached hydrogens (tertiary/aromatic N) is 4. The lowest BCUT2D eigenvalue weighted by Crippen LogP contribution is -2.33. The molecule has 1 saturated heterocycles. The van der Waals surface area contributed by atoms with Crippen LogP contribution >= 0.6 is 11.3 Å². The standard InChI is InChI=1S/C17H21N5OS/c1-6-19-22(9-1)12-14-11-21(8-2-10-23-14)13-15-3-4-17(24-15)16-5-7-18-20-16/h1,3-7,9,14H,2,8,10-13H2,(H,18,20). The van der Waals surface area contributed by atoms with Gasteiger partial charge >= 0.3 is 0 Å². The van der Waals surface area contributed by atoms with Gasteiger partial charge < -0.3 is 4.74 Å². The van der Waals surface area contributed by atoms with Crippen molar-refractivity contribution in [2.45, 2.75) is 25.6 Å². The maximum absolute atomic E-state index is 6.00. The van der Waals surface area contributed by atoms with E-state index in [1.807, 2.05) is 40.5 Å². The van der Waals surface area contributed by atoms with Crippen molar-refractivity contribution < 1.29 is 4.74 Å². The van der Waals surface area contributed by atoms with Gasteiger partial charge in [0.2, 0.25) is 0 Å². The van der Waals surface area contributed by atoms with Gasteiger partial charge in [0.15, 0.2) is 0 Å². The van der Waals surface area contributed by atoms with E-state index < -0.39 is 0 Å². The molecule has 7 heteroatoms. The second kappa shape index (κ2) is 7.29. The minimum Gasteiger partial charge on any atom is -0.375 e. The van der Waals surface area contributed by atoms with E-state index in [-0.39, 0.29) is 6.10 Å². The molecule has 0 radical (unpaired) electrons. The van der Waals surface area contributed by atoms with Gasteiger partial charge in [-0.25, -0.2) is 0 Å². The molecule has 1 unspecified atom stereocenters. The van der Waals surface area contributed by atoms with E-state index in [0.29, 0.717) is 0 Å². The molecule has 0 aromatic carbocycles. The largest absolute Gasteiger partial charge is 0.375 e. The minimum absolute atomic E-state index is 0.194. The Morgan fingerprint density at radius 2 is 2.29 bits per heavy atom. The van der Waals surface area contributed by atoms with Crippen molar-refractivity contribution in [2.24, 2.45) is 0 Å². The molecular formula is C17H21N5OS. The lowest BCUT2D eigenvalue weighted by molar-refractivity contribution is 0.0392. The van der Waals surface area contributed by atoms with Gasteiger partial charge in [-0.1, -0.05) is 0 Å². The maximum atomic E-state index is 6.00. The Morgan fingerprint density at radius 3 is 3.12 bits per heavy atom. The maximum Gasteiger partial charge on any atom is 0.0897 e. The van der Waals surface area contributed by atoms with Crippen LogP contribution in [0.5, 0.6) is 0 Å². The molecule has 1 N–H and O–H groups in total. The summed E-state index contributed by atoms with van der Waals surface area (Å²) in [5.41, 5.74) is 1.09. The third-order valence-electron chi connectivity index (χ3n) is 4.19. The molecule has 0 saturated carbocycles. The van der Waals surface area contributed by atoms with Crippen LogP contribution in [0.25, 0.3) is 10.6 Å². The van der Waals surface area contributed by atoms with Crippen molar-refractivity contribution in [3.8, 4) is 10.6 Å². The molecule has 0 spiro atoms. The molecule has 3 aromatic heterocycles. The molecule has 3 aromatic rings. The normalized spacial score (nSPS) is 19.4. The number of H-pyrrole nitrogens is 1. The van der Waals surface area contributed by atoms with Gasteiger partial charge in [-0.15, -0.1) is 11.3 Å². The molecule has 6 nitrogen and oxygen atoms in total. The summed E-state index contributed by atoms with van der Waals surface area (Å²) >= 11 is 1.83. The van der Waals surface area contributed by atoms with E-state index in [9.17, 15) is 0 Å². The predicted molar refractivity (Wildman–Crippen MR) is 93.8 cm³/mol. The highest BCUT2D eigenvalue weighted by Gasteiger charge is 2.20. The van der Waals surface area contributed by atoms with Crippen LogP contribution in [0.2, 0.25) is 0 Å². The Kier molecular flexibility index (Phi) is 4.73. The van der Waals surface area contributed by atoms with E-state index in [4.69, 9.17) is 4.74 Å². The molecular weight excluding hydrogens is 322 g/mol. The molecule has 1 aliphatic heterocycles. The zero-order valence-electron chi connectivity index (χ0n) is 13.5. The fourth-order valence-electron chi connectivity index (χ4n) is 3.06. The van der Waals surface area contributed by atoms with Gasteiger partial charge in [-0.3, -0.25) is 14.7 Å². The second-order valence-corrected chi connectivity index (χ2v) is 7.21. The van der Waals surface area contributed by atoms with Crippen molar-refractivity contribution in [1.82, 2.24) is 24.9 Å². The van der Waals surface area contributed by atoms with Gasteiger partial charge in [0.25, 0.3) is 0 Å². The summed E-state index contributed by atoms with van der Waals surface area (Å²) in [6, 6.07) is 8.35. The lowest BCUT2D eigenvalue weighted by Gasteiger charge is -2.23. The highest BCUT2D eigenvalue weighted by atomic mass is 32.1. The molecule has 0 bridgehead atoms. The van der Waals surface area contributed by atoms with Crippen LogP contribution in [-0.4, -0.2) is 50.7 Å². The molecule has 0 aliphatic carbocycles. The monoisotopic (exact) mass is 343 g/mol. The number of hydrogen-bond acceptors (Lipinski definition) is 5. The molecule has 126 valence electrons. The highest BCUT2D eigenvalue weighted by molar-refractivity contribution is 7.15. The summed E-state index contributed by atoms with van der Waals surface area (Å²) in [7, 11) is 0. The molecule has 4 heterocycles. The van der Waals surface area contributed by atoms with Crippen LogP contribution in [0, 0.1) is 0 Å². The first kappa shape index (κ1) is 15.6. The number of nitrogens with one attached hydrogen (secondary N) is 1. The zero-order valence-corrected chi connectivity index (χ0v) is 14.3. The van der Waals surface area contributed by atoms with Crippen LogP contribution in [0.3, 0.4) is 0 Å². The predicted octanol–water partition coefficient (Wildman–Crippen LogP) is 2.63. The first-order valence-corrected chi connectivity index (χ1v) is 9.08. The summed E-state index contributed by atoms with van der Waals surface area (Å²) in [5, 5.41) is 11.3. The van der Waals surface area contributed by atoms with E-state index >= 15 is 0 Å². The lowest BCUT2D eigenvalue weighted by atomic mass is 10.3. The smallest absolute Gasteiger partial charge is 0.0897 e. The number of aromatic nitrogens is 4. The SMILES string of the molecule is c1cnn(CC2CN(Cc3ccc(-c4ccn[nH]4)s3)CCCO2)c1. The van der Waals surface area contributed by atoms with Gasteiger partial charge in [0, 0.05) is 49.7 Å². The fourth-order valence-corrected chi connectivity index (χ4v) is 4.09. The number of rotatable bonds is 5. The zero-order chi connectivity index (χ0) is 16.2. The second-order valence-electron chi connectivity index (χ2n) is 6.05. The Bertz CT molecular complexity index is 737. The van der Waals surface area contributed by atoms with Crippen molar-refractivity contribution in [2.75, 3.05) is 19.7 Å². The van der Waals surface area contributed by atoms with Crippen LogP contribution in [0.1, 0.15) is 11.3 Å². The molecule has 1 aliphatic rings. The van der Waals surface area contributed by atoms with Crippen molar-refractivity contribution in [3.63, 3.8) is 0 Å². The van der Waals surface area contributed by atoms with Gasteiger partial charge in [0.1, 0.15) is 0 Å². The number of ether oxygens (including phenoxy) is 1. The van der Waals surface area contributed by atoms with Crippen LogP contribution in [0.4, 0.5) is 0 Å². The van der Waals surface area contributed by atoms with Crippen molar-refractivity contribution in [1.29, 1.82) is 0 Å². The Hall–Kier alpha value is -1.96. The molecule has 1 atom stereocenters. The molecule has 4 rings (SSSR count). The van der Waals surface area contributed by atoms with Crippen LogP contribution in [0.15, 0.2) is 42.9 Å². The van der Waals surface area contributed by atoms with Crippen molar-refractivity contribution in [3.05, 3.63) is 47.7 Å². The van der Waals surface area contributed by atoms with Gasteiger partial charge in [-0.05, 0) is 30.7 Å². The summed E-state index contributed by atoms with van der Waals surface area (Å²) in [6.45, 7) is 4.63. The number of hydrogen-bond donors (Lipinski definition) is 1. The Labute approximate surface area is 145 Å². The van der Waals surface area contributed by atoms with E-state index in [0.717, 1.165) is 44.9 Å². The average molecular weight is 343 g/mol. The van der Waals surface area contributed by atoms with Crippen LogP contribution < -0.4 is 0 Å². The average Bonchev–Trinajstić information content (AvgIpc) is 3.30. The topological polar surface area (TPSA) is 59.0 Å². The quantitative estimate of drug-likeness (QED) is 0.774. The summed E-state index contributed by atoms with van der Waals surface area (Å²) in [5.74, 6) is 0. The molecule has 24 heavy (non-hydrogen) atoms. The highest BCUT2D eigenvalue weighted by Crippen LogP contribution is 2.27. The van der Waals surface area contributed by atoms with Crippen molar-refractivity contribution >= 4 is 11.3 Å². The van der Waals surface area contributed by atoms with Crippen LogP contribution in [-0.2, 0) is 17.8 Å².